The Kier molecular flexibility index (Phi) is 6.51. The van der Waals surface area contributed by atoms with E-state index in [-0.39, 0.29) is 0 Å². The predicted molar refractivity (Wildman–Crippen MR) is 64.0 cm³/mol. The van der Waals surface area contributed by atoms with Crippen LogP contribution in [0.4, 0.5) is 65.9 Å². The summed E-state index contributed by atoms with van der Waals surface area (Å²) in [6.45, 7) is 0. The van der Waals surface area contributed by atoms with Crippen molar-refractivity contribution in [3.8, 4) is 5.75 Å². The van der Waals surface area contributed by atoms with Gasteiger partial charge in [0.1, 0.15) is 5.56 Å². The minimum atomic E-state index is -7.77. The first-order valence-electron chi connectivity index (χ1n) is 6.67. The average Bonchev–Trinajstić information content (AvgIpc) is 2.61. The average molecular weight is 490 g/mol. The number of rotatable bonds is 6. The zero-order valence-electron chi connectivity index (χ0n) is 13.4. The molecule has 0 aliphatic carbocycles. The SMILES string of the molecule is O=C(O)c1c(F)c(F)c(F)c(F)c1OC(F)=C(F)C(F)(F)C(F)(F)C(F)(F)C(F)(F)F. The normalized spacial score (nSPS) is 14.4. The second-order valence-corrected chi connectivity index (χ2v) is 5.18. The molecule has 0 aliphatic heterocycles. The van der Waals surface area contributed by atoms with Crippen LogP contribution in [0, 0.1) is 23.3 Å². The Morgan fingerprint density at radius 2 is 1.13 bits per heavy atom. The molecule has 3 nitrogen and oxygen atoms in total. The summed E-state index contributed by atoms with van der Waals surface area (Å²) in [5.74, 6) is -45.0. The second kappa shape index (κ2) is 7.70. The number of allylic oxidation sites excluding steroid dienone is 1. The van der Waals surface area contributed by atoms with Gasteiger partial charge >= 0.3 is 35.9 Å². The van der Waals surface area contributed by atoms with Crippen molar-refractivity contribution in [2.45, 2.75) is 23.9 Å². The van der Waals surface area contributed by atoms with Crippen LogP contribution in [0.5, 0.6) is 5.75 Å². The van der Waals surface area contributed by atoms with Gasteiger partial charge in [-0.2, -0.15) is 52.7 Å². The van der Waals surface area contributed by atoms with Gasteiger partial charge < -0.3 is 9.84 Å². The molecule has 0 unspecified atom stereocenters. The molecule has 0 radical (unpaired) electrons. The molecule has 0 heterocycles. The van der Waals surface area contributed by atoms with E-state index >= 15 is 0 Å². The fraction of sp³-hybridized carbons (Fsp3) is 0.308. The van der Waals surface area contributed by atoms with E-state index in [1.807, 2.05) is 0 Å². The van der Waals surface area contributed by atoms with Gasteiger partial charge in [0.25, 0.3) is 0 Å². The third kappa shape index (κ3) is 3.93. The van der Waals surface area contributed by atoms with Gasteiger partial charge in [0.2, 0.25) is 17.5 Å². The lowest BCUT2D eigenvalue weighted by atomic mass is 10.0. The maximum Gasteiger partial charge on any atom is 0.460 e. The van der Waals surface area contributed by atoms with Crippen molar-refractivity contribution < 1.29 is 80.5 Å². The monoisotopic (exact) mass is 490 g/mol. The van der Waals surface area contributed by atoms with Gasteiger partial charge in [-0.05, 0) is 0 Å². The van der Waals surface area contributed by atoms with Crippen LogP contribution < -0.4 is 4.74 Å². The van der Waals surface area contributed by atoms with E-state index in [2.05, 4.69) is 4.74 Å². The molecule has 0 amide bonds. The first-order valence-corrected chi connectivity index (χ1v) is 6.67. The van der Waals surface area contributed by atoms with Crippen LogP contribution in [0.1, 0.15) is 10.4 Å². The zero-order valence-corrected chi connectivity index (χ0v) is 13.4. The highest BCUT2D eigenvalue weighted by Gasteiger charge is 2.83. The number of carboxylic acids is 1. The molecule has 0 bridgehead atoms. The van der Waals surface area contributed by atoms with Gasteiger partial charge in [-0.25, -0.2) is 18.0 Å². The minimum Gasteiger partial charge on any atom is -0.477 e. The topological polar surface area (TPSA) is 46.5 Å². The Hall–Kier alpha value is -2.82. The Labute approximate surface area is 158 Å². The van der Waals surface area contributed by atoms with E-state index in [0.717, 1.165) is 0 Å². The smallest absolute Gasteiger partial charge is 0.460 e. The summed E-state index contributed by atoms with van der Waals surface area (Å²) in [6, 6.07) is -4.02. The quantitative estimate of drug-likeness (QED) is 0.234. The summed E-state index contributed by atoms with van der Waals surface area (Å²) in [5, 5.41) is 8.52. The summed E-state index contributed by atoms with van der Waals surface area (Å²) in [6.07, 6.45) is -7.44. The third-order valence-corrected chi connectivity index (χ3v) is 3.22. The maximum absolute atomic E-state index is 13.5. The molecule has 0 spiro atoms. The van der Waals surface area contributed by atoms with Crippen molar-refractivity contribution in [1.82, 2.24) is 0 Å². The number of hydrogen-bond acceptors (Lipinski definition) is 2. The fourth-order valence-corrected chi connectivity index (χ4v) is 1.67. The van der Waals surface area contributed by atoms with Gasteiger partial charge in [0, 0.05) is 0 Å². The molecule has 0 saturated carbocycles. The lowest BCUT2D eigenvalue weighted by Gasteiger charge is -2.32. The van der Waals surface area contributed by atoms with Crippen molar-refractivity contribution in [3.63, 3.8) is 0 Å². The molecule has 0 atom stereocenters. The molecule has 176 valence electrons. The first kappa shape index (κ1) is 26.2. The van der Waals surface area contributed by atoms with Crippen molar-refractivity contribution in [1.29, 1.82) is 0 Å². The third-order valence-electron chi connectivity index (χ3n) is 3.22. The zero-order chi connectivity index (χ0) is 24.9. The summed E-state index contributed by atoms with van der Waals surface area (Å²) >= 11 is 0. The molecule has 31 heavy (non-hydrogen) atoms. The van der Waals surface area contributed by atoms with E-state index in [0.29, 0.717) is 0 Å². The Morgan fingerprint density at radius 1 is 0.710 bits per heavy atom. The van der Waals surface area contributed by atoms with Crippen molar-refractivity contribution in [3.05, 3.63) is 40.7 Å². The number of alkyl halides is 9. The Bertz CT molecular complexity index is 931. The van der Waals surface area contributed by atoms with Crippen LogP contribution in [0.2, 0.25) is 0 Å². The molecule has 0 aromatic heterocycles. The lowest BCUT2D eigenvalue weighted by molar-refractivity contribution is -0.392. The molecule has 1 rings (SSSR count). The standard InChI is InChI=1S/C13HF15O3/c14-2-1(9(29)30)6(5(17)4(16)3(2)15)31-8(19)7(18)10(20,21)11(22,23)12(24,25)13(26,27)28/h(H,29,30). The first-order chi connectivity index (χ1) is 13.6. The van der Waals surface area contributed by atoms with Gasteiger partial charge in [-0.3, -0.25) is 0 Å². The van der Waals surface area contributed by atoms with E-state index in [1.54, 1.807) is 0 Å². The number of ether oxygens (including phenoxy) is 1. The molecular formula is C13HF15O3. The molecular weight excluding hydrogens is 489 g/mol. The number of hydrogen-bond donors (Lipinski definition) is 1. The van der Waals surface area contributed by atoms with Crippen LogP contribution >= 0.6 is 0 Å². The molecule has 1 aromatic carbocycles. The van der Waals surface area contributed by atoms with Crippen LogP contribution in [-0.4, -0.2) is 35.0 Å². The summed E-state index contributed by atoms with van der Waals surface area (Å²) in [5.41, 5.74) is -2.56. The van der Waals surface area contributed by atoms with Gasteiger partial charge in [-0.1, -0.05) is 0 Å². The van der Waals surface area contributed by atoms with Gasteiger partial charge in [0.05, 0.1) is 0 Å². The van der Waals surface area contributed by atoms with E-state index in [4.69, 9.17) is 5.11 Å². The predicted octanol–water partition coefficient (Wildman–Crippen LogP) is 5.90. The molecule has 0 aliphatic rings. The highest BCUT2D eigenvalue weighted by Crippen LogP contribution is 2.55. The molecule has 1 N–H and O–H groups in total. The lowest BCUT2D eigenvalue weighted by Crippen LogP contribution is -2.61. The second-order valence-electron chi connectivity index (χ2n) is 5.18. The number of benzene rings is 1. The molecule has 0 saturated heterocycles. The van der Waals surface area contributed by atoms with E-state index < -0.39 is 76.3 Å². The maximum atomic E-state index is 13.5. The van der Waals surface area contributed by atoms with Crippen molar-refractivity contribution >= 4 is 5.97 Å². The van der Waals surface area contributed by atoms with Crippen molar-refractivity contribution in [2.24, 2.45) is 0 Å². The van der Waals surface area contributed by atoms with Crippen LogP contribution in [0.15, 0.2) is 11.8 Å². The summed E-state index contributed by atoms with van der Waals surface area (Å²) < 4.78 is 196. The molecule has 1 aromatic rings. The Morgan fingerprint density at radius 3 is 1.52 bits per heavy atom. The van der Waals surface area contributed by atoms with Crippen LogP contribution in [0.25, 0.3) is 0 Å². The Balaban J connectivity index is 3.68. The summed E-state index contributed by atoms with van der Waals surface area (Å²) in [7, 11) is 0. The van der Waals surface area contributed by atoms with E-state index in [9.17, 15) is 70.7 Å². The van der Waals surface area contributed by atoms with E-state index in [1.165, 1.54) is 0 Å². The number of aromatic carboxylic acids is 1. The van der Waals surface area contributed by atoms with Crippen LogP contribution in [0.3, 0.4) is 0 Å². The van der Waals surface area contributed by atoms with Crippen molar-refractivity contribution in [2.75, 3.05) is 0 Å². The largest absolute Gasteiger partial charge is 0.477 e. The molecule has 0 fully saturated rings. The van der Waals surface area contributed by atoms with Crippen LogP contribution in [-0.2, 0) is 0 Å². The number of halogens is 15. The fourth-order valence-electron chi connectivity index (χ4n) is 1.67. The highest BCUT2D eigenvalue weighted by molar-refractivity contribution is 5.91. The van der Waals surface area contributed by atoms with Gasteiger partial charge in [-0.15, -0.1) is 0 Å². The number of carboxylic acid groups (broad SMARTS) is 1. The van der Waals surface area contributed by atoms with Gasteiger partial charge in [0.15, 0.2) is 17.4 Å². The molecule has 18 heteroatoms. The number of carbonyl (C=O) groups is 1. The highest BCUT2D eigenvalue weighted by atomic mass is 19.4. The summed E-state index contributed by atoms with van der Waals surface area (Å²) in [4.78, 5) is 10.7. The minimum absolute atomic E-state index is 2.56.